The van der Waals surface area contributed by atoms with Crippen molar-refractivity contribution in [3.05, 3.63) is 24.3 Å². The lowest BCUT2D eigenvalue weighted by molar-refractivity contribution is 0.129. The maximum absolute atomic E-state index is 9.36. The van der Waals surface area contributed by atoms with E-state index in [0.29, 0.717) is 6.10 Å². The van der Waals surface area contributed by atoms with E-state index in [4.69, 9.17) is 10.5 Å². The van der Waals surface area contributed by atoms with Crippen LogP contribution in [0, 0.1) is 5.92 Å². The van der Waals surface area contributed by atoms with Crippen molar-refractivity contribution in [1.29, 1.82) is 0 Å². The van der Waals surface area contributed by atoms with Gasteiger partial charge in [0.2, 0.25) is 0 Å². The molecule has 17 heavy (non-hydrogen) atoms. The molecule has 94 valence electrons. The summed E-state index contributed by atoms with van der Waals surface area (Å²) in [6.07, 6.45) is 6.05. The second-order valence-electron chi connectivity index (χ2n) is 4.84. The average molecular weight is 235 g/mol. The monoisotopic (exact) mass is 235 g/mol. The largest absolute Gasteiger partial charge is 0.508 e. The minimum atomic E-state index is 0.263. The first kappa shape index (κ1) is 12.2. The second kappa shape index (κ2) is 5.92. The number of benzene rings is 1. The van der Waals surface area contributed by atoms with Gasteiger partial charge in [-0.25, -0.2) is 0 Å². The van der Waals surface area contributed by atoms with Crippen LogP contribution in [0.5, 0.6) is 11.5 Å². The van der Waals surface area contributed by atoms with Crippen LogP contribution in [-0.2, 0) is 0 Å². The molecule has 0 aromatic heterocycles. The molecule has 1 saturated carbocycles. The lowest BCUT2D eigenvalue weighted by Crippen LogP contribution is -2.25. The molecule has 3 heteroatoms. The van der Waals surface area contributed by atoms with E-state index in [1.807, 2.05) is 12.1 Å². The number of nitrogens with two attached hydrogens (primary N) is 1. The fourth-order valence-electron chi connectivity index (χ4n) is 2.52. The quantitative estimate of drug-likeness (QED) is 0.843. The van der Waals surface area contributed by atoms with Gasteiger partial charge in [0, 0.05) is 6.07 Å². The van der Waals surface area contributed by atoms with Crippen molar-refractivity contribution in [1.82, 2.24) is 0 Å². The van der Waals surface area contributed by atoms with Crippen molar-refractivity contribution in [2.75, 3.05) is 6.54 Å². The normalized spacial score (nSPS) is 24.5. The molecule has 0 unspecified atom stereocenters. The predicted octanol–water partition coefficient (Wildman–Crippen LogP) is 2.68. The first-order chi connectivity index (χ1) is 8.28. The van der Waals surface area contributed by atoms with Crippen molar-refractivity contribution in [2.24, 2.45) is 11.7 Å². The Bertz CT molecular complexity index is 346. The molecular weight excluding hydrogens is 214 g/mol. The van der Waals surface area contributed by atoms with Gasteiger partial charge in [0.25, 0.3) is 0 Å². The number of hydrogen-bond acceptors (Lipinski definition) is 3. The predicted molar refractivity (Wildman–Crippen MR) is 68.2 cm³/mol. The van der Waals surface area contributed by atoms with Crippen LogP contribution in [-0.4, -0.2) is 17.8 Å². The smallest absolute Gasteiger partial charge is 0.123 e. The number of hydrogen-bond donors (Lipinski definition) is 2. The molecule has 0 bridgehead atoms. The Balaban J connectivity index is 1.82. The molecule has 1 aromatic rings. The van der Waals surface area contributed by atoms with Gasteiger partial charge < -0.3 is 15.6 Å². The zero-order valence-electron chi connectivity index (χ0n) is 10.1. The number of rotatable bonds is 4. The number of phenolic OH excluding ortho intramolecular Hbond substituents is 1. The maximum Gasteiger partial charge on any atom is 0.123 e. The van der Waals surface area contributed by atoms with Crippen LogP contribution >= 0.6 is 0 Å². The third-order valence-electron chi connectivity index (χ3n) is 3.49. The second-order valence-corrected chi connectivity index (χ2v) is 4.84. The summed E-state index contributed by atoms with van der Waals surface area (Å²) in [4.78, 5) is 0. The maximum atomic E-state index is 9.36. The Morgan fingerprint density at radius 1 is 1.24 bits per heavy atom. The Hall–Kier alpha value is -1.22. The van der Waals surface area contributed by atoms with Crippen molar-refractivity contribution >= 4 is 0 Å². The van der Waals surface area contributed by atoms with Crippen molar-refractivity contribution in [3.63, 3.8) is 0 Å². The van der Waals surface area contributed by atoms with Crippen LogP contribution in [0.4, 0.5) is 0 Å². The minimum absolute atomic E-state index is 0.263. The van der Waals surface area contributed by atoms with E-state index in [0.717, 1.165) is 37.5 Å². The Morgan fingerprint density at radius 3 is 2.65 bits per heavy atom. The summed E-state index contributed by atoms with van der Waals surface area (Å²) >= 11 is 0. The molecular formula is C14H21NO2. The molecule has 0 heterocycles. The average Bonchev–Trinajstić information content (AvgIpc) is 2.32. The summed E-state index contributed by atoms with van der Waals surface area (Å²) < 4.78 is 5.87. The van der Waals surface area contributed by atoms with Gasteiger partial charge in [-0.3, -0.25) is 0 Å². The molecule has 3 nitrogen and oxygen atoms in total. The Kier molecular flexibility index (Phi) is 4.26. The van der Waals surface area contributed by atoms with Gasteiger partial charge >= 0.3 is 0 Å². The summed E-state index contributed by atoms with van der Waals surface area (Å²) in [6, 6.07) is 7.04. The van der Waals surface area contributed by atoms with E-state index < -0.39 is 0 Å². The van der Waals surface area contributed by atoms with Gasteiger partial charge in [0.15, 0.2) is 0 Å². The van der Waals surface area contributed by atoms with E-state index >= 15 is 0 Å². The van der Waals surface area contributed by atoms with Crippen molar-refractivity contribution < 1.29 is 9.84 Å². The van der Waals surface area contributed by atoms with Gasteiger partial charge in [-0.05, 0) is 56.7 Å². The lowest BCUT2D eigenvalue weighted by Gasteiger charge is -2.28. The summed E-state index contributed by atoms with van der Waals surface area (Å²) in [6.45, 7) is 0.794. The molecule has 3 N–H and O–H groups in total. The van der Waals surface area contributed by atoms with Gasteiger partial charge in [-0.15, -0.1) is 0 Å². The number of aromatic hydroxyl groups is 1. The molecule has 1 aliphatic rings. The Morgan fingerprint density at radius 2 is 2.00 bits per heavy atom. The molecule has 0 saturated heterocycles. The molecule has 1 aliphatic carbocycles. The van der Waals surface area contributed by atoms with Crippen LogP contribution in [0.2, 0.25) is 0 Å². The highest BCUT2D eigenvalue weighted by Gasteiger charge is 2.21. The van der Waals surface area contributed by atoms with Gasteiger partial charge in [-0.2, -0.15) is 0 Å². The topological polar surface area (TPSA) is 55.5 Å². The van der Waals surface area contributed by atoms with E-state index in [9.17, 15) is 5.11 Å². The van der Waals surface area contributed by atoms with Gasteiger partial charge in [0.1, 0.15) is 11.5 Å². The highest BCUT2D eigenvalue weighted by molar-refractivity contribution is 5.31. The number of phenols is 1. The van der Waals surface area contributed by atoms with Gasteiger partial charge in [0.05, 0.1) is 6.10 Å². The zero-order chi connectivity index (χ0) is 12.1. The summed E-state index contributed by atoms with van der Waals surface area (Å²) in [5.41, 5.74) is 5.58. The molecule has 0 atom stereocenters. The molecule has 0 amide bonds. The first-order valence-electron chi connectivity index (χ1n) is 6.43. The van der Waals surface area contributed by atoms with E-state index in [2.05, 4.69) is 0 Å². The van der Waals surface area contributed by atoms with Crippen LogP contribution in [0.3, 0.4) is 0 Å². The van der Waals surface area contributed by atoms with Crippen molar-refractivity contribution in [3.8, 4) is 11.5 Å². The zero-order valence-corrected chi connectivity index (χ0v) is 10.1. The van der Waals surface area contributed by atoms with Crippen LogP contribution in [0.1, 0.15) is 32.1 Å². The fraction of sp³-hybridized carbons (Fsp3) is 0.571. The van der Waals surface area contributed by atoms with E-state index in [-0.39, 0.29) is 5.75 Å². The third kappa shape index (κ3) is 3.63. The third-order valence-corrected chi connectivity index (χ3v) is 3.49. The fourth-order valence-corrected chi connectivity index (χ4v) is 2.52. The van der Waals surface area contributed by atoms with Crippen molar-refractivity contribution in [2.45, 2.75) is 38.2 Å². The highest BCUT2D eigenvalue weighted by atomic mass is 16.5. The standard InChI is InChI=1S/C14H21NO2/c15-9-8-11-4-6-13(7-5-11)17-14-3-1-2-12(16)10-14/h1-3,10-11,13,16H,4-9,15H2. The lowest BCUT2D eigenvalue weighted by atomic mass is 9.85. The minimum Gasteiger partial charge on any atom is -0.508 e. The number of ether oxygens (including phenoxy) is 1. The molecule has 0 radical (unpaired) electrons. The van der Waals surface area contributed by atoms with E-state index in [1.165, 1.54) is 12.8 Å². The SMILES string of the molecule is NCCC1CCC(Oc2cccc(O)c2)CC1. The molecule has 2 rings (SSSR count). The molecule has 0 aliphatic heterocycles. The summed E-state index contributed by atoms with van der Waals surface area (Å²) in [5, 5.41) is 9.36. The van der Waals surface area contributed by atoms with Crippen LogP contribution < -0.4 is 10.5 Å². The Labute approximate surface area is 103 Å². The molecule has 1 fully saturated rings. The molecule has 0 spiro atoms. The van der Waals surface area contributed by atoms with Crippen LogP contribution in [0.25, 0.3) is 0 Å². The van der Waals surface area contributed by atoms with Crippen LogP contribution in [0.15, 0.2) is 24.3 Å². The molecule has 1 aromatic carbocycles. The summed E-state index contributed by atoms with van der Waals surface area (Å²) in [5.74, 6) is 1.82. The summed E-state index contributed by atoms with van der Waals surface area (Å²) in [7, 11) is 0. The first-order valence-corrected chi connectivity index (χ1v) is 6.43. The van der Waals surface area contributed by atoms with E-state index in [1.54, 1.807) is 12.1 Å². The van der Waals surface area contributed by atoms with Gasteiger partial charge in [-0.1, -0.05) is 6.07 Å². The highest BCUT2D eigenvalue weighted by Crippen LogP contribution is 2.30.